The number of ether oxygens (including phenoxy) is 1. The topological polar surface area (TPSA) is 26.3 Å². The monoisotopic (exact) mass is 406 g/mol. The Hall–Kier alpha value is -3.27. The van der Waals surface area contributed by atoms with Crippen LogP contribution in [0.3, 0.4) is 0 Å². The molecule has 0 N–H and O–H groups in total. The van der Waals surface area contributed by atoms with Gasteiger partial charge in [0.25, 0.3) is 0 Å². The van der Waals surface area contributed by atoms with E-state index in [1.165, 1.54) is 17.7 Å². The molecule has 3 rings (SSSR count). The van der Waals surface area contributed by atoms with Crippen molar-refractivity contribution in [3.8, 4) is 16.9 Å². The Kier molecular flexibility index (Phi) is 7.12. The van der Waals surface area contributed by atoms with E-state index in [0.29, 0.717) is 12.8 Å². The average molecular weight is 406 g/mol. The number of halogens is 2. The first-order valence-electron chi connectivity index (χ1n) is 10.0. The second kappa shape index (κ2) is 9.97. The first-order valence-corrected chi connectivity index (χ1v) is 10.0. The molecule has 0 radical (unpaired) electrons. The molecule has 0 spiro atoms. The largest absolute Gasteiger partial charge is 0.420 e. The van der Waals surface area contributed by atoms with Crippen LogP contribution in [0.2, 0.25) is 0 Å². The summed E-state index contributed by atoms with van der Waals surface area (Å²) in [6.07, 6.45) is 4.63. The van der Waals surface area contributed by atoms with Crippen LogP contribution in [0, 0.1) is 11.6 Å². The minimum absolute atomic E-state index is 0.224. The van der Waals surface area contributed by atoms with Crippen LogP contribution in [-0.4, -0.2) is 5.97 Å². The Bertz CT molecular complexity index is 1020. The number of hydrogen-bond acceptors (Lipinski definition) is 2. The van der Waals surface area contributed by atoms with Gasteiger partial charge in [0.05, 0.1) is 5.56 Å². The van der Waals surface area contributed by atoms with Gasteiger partial charge in [0.2, 0.25) is 5.82 Å². The van der Waals surface area contributed by atoms with Crippen molar-refractivity contribution in [2.24, 2.45) is 0 Å². The fourth-order valence-corrected chi connectivity index (χ4v) is 3.21. The van der Waals surface area contributed by atoms with Crippen molar-refractivity contribution in [2.75, 3.05) is 0 Å². The Morgan fingerprint density at radius 3 is 2.13 bits per heavy atom. The number of rotatable bonds is 8. The fraction of sp³-hybridized carbons (Fsp3) is 0.192. The number of esters is 1. The molecule has 0 amide bonds. The molecular formula is C26H24F2O2. The van der Waals surface area contributed by atoms with Crippen LogP contribution in [0.5, 0.6) is 5.75 Å². The van der Waals surface area contributed by atoms with E-state index in [2.05, 4.69) is 25.6 Å². The van der Waals surface area contributed by atoms with Gasteiger partial charge in [0.15, 0.2) is 11.6 Å². The van der Waals surface area contributed by atoms with Crippen LogP contribution in [0.4, 0.5) is 8.78 Å². The Morgan fingerprint density at radius 1 is 0.900 bits per heavy atom. The molecule has 30 heavy (non-hydrogen) atoms. The fourth-order valence-electron chi connectivity index (χ4n) is 3.21. The van der Waals surface area contributed by atoms with Gasteiger partial charge in [-0.15, -0.1) is 6.58 Å². The van der Waals surface area contributed by atoms with Crippen molar-refractivity contribution in [1.82, 2.24) is 0 Å². The van der Waals surface area contributed by atoms with Gasteiger partial charge in [-0.2, -0.15) is 4.39 Å². The minimum atomic E-state index is -1.16. The van der Waals surface area contributed by atoms with E-state index in [0.717, 1.165) is 24.0 Å². The van der Waals surface area contributed by atoms with Gasteiger partial charge in [0.1, 0.15) is 0 Å². The lowest BCUT2D eigenvalue weighted by molar-refractivity contribution is 0.0726. The quantitative estimate of drug-likeness (QED) is 0.230. The summed E-state index contributed by atoms with van der Waals surface area (Å²) in [5, 5.41) is 0. The zero-order valence-electron chi connectivity index (χ0n) is 17.0. The van der Waals surface area contributed by atoms with E-state index < -0.39 is 23.4 Å². The Morgan fingerprint density at radius 2 is 1.53 bits per heavy atom. The zero-order chi connectivity index (χ0) is 21.5. The SMILES string of the molecule is C=CCCc1ccc(OC(=O)c2ccc(-c3ccc(CCC)cc3)cc2)c(F)c1F. The third kappa shape index (κ3) is 5.01. The summed E-state index contributed by atoms with van der Waals surface area (Å²) < 4.78 is 33.5. The molecule has 0 bridgehead atoms. The van der Waals surface area contributed by atoms with Crippen LogP contribution < -0.4 is 4.74 Å². The number of hydrogen-bond donors (Lipinski definition) is 0. The first kappa shape index (κ1) is 21.4. The molecule has 0 heterocycles. The highest BCUT2D eigenvalue weighted by Gasteiger charge is 2.17. The van der Waals surface area contributed by atoms with Crippen LogP contribution in [-0.2, 0) is 12.8 Å². The molecule has 0 aliphatic rings. The molecule has 0 saturated heterocycles. The van der Waals surface area contributed by atoms with Crippen LogP contribution in [0.1, 0.15) is 41.3 Å². The van der Waals surface area contributed by atoms with Crippen molar-refractivity contribution in [2.45, 2.75) is 32.6 Å². The molecule has 3 aromatic rings. The van der Waals surface area contributed by atoms with Gasteiger partial charge in [-0.05, 0) is 59.7 Å². The number of aryl methyl sites for hydroxylation is 2. The summed E-state index contributed by atoms with van der Waals surface area (Å²) in [6.45, 7) is 5.71. The van der Waals surface area contributed by atoms with E-state index in [9.17, 15) is 13.6 Å². The second-order valence-electron chi connectivity index (χ2n) is 7.09. The molecule has 0 fully saturated rings. The van der Waals surface area contributed by atoms with Crippen molar-refractivity contribution in [3.05, 3.63) is 102 Å². The third-order valence-corrected chi connectivity index (χ3v) is 4.89. The minimum Gasteiger partial charge on any atom is -0.420 e. The predicted molar refractivity (Wildman–Crippen MR) is 116 cm³/mol. The lowest BCUT2D eigenvalue weighted by Gasteiger charge is -2.09. The standard InChI is InChI=1S/C26H24F2O2/c1-3-5-7-21-16-17-23(25(28)24(21)27)30-26(29)22-14-12-20(13-15-22)19-10-8-18(6-4-2)9-11-19/h3,8-17H,1,4-7H2,2H3. The van der Waals surface area contributed by atoms with E-state index in [1.54, 1.807) is 30.3 Å². The highest BCUT2D eigenvalue weighted by Crippen LogP contribution is 2.25. The molecule has 154 valence electrons. The van der Waals surface area contributed by atoms with Gasteiger partial charge in [-0.1, -0.05) is 61.9 Å². The van der Waals surface area contributed by atoms with Crippen molar-refractivity contribution >= 4 is 5.97 Å². The van der Waals surface area contributed by atoms with E-state index in [-0.39, 0.29) is 11.1 Å². The van der Waals surface area contributed by atoms with Crippen LogP contribution >= 0.6 is 0 Å². The molecule has 0 unspecified atom stereocenters. The molecule has 4 heteroatoms. The van der Waals surface area contributed by atoms with Gasteiger partial charge in [0, 0.05) is 0 Å². The summed E-state index contributed by atoms with van der Waals surface area (Å²) in [6, 6.07) is 17.8. The Balaban J connectivity index is 1.72. The van der Waals surface area contributed by atoms with Crippen molar-refractivity contribution < 1.29 is 18.3 Å². The smallest absolute Gasteiger partial charge is 0.343 e. The summed E-state index contributed by atoms with van der Waals surface area (Å²) in [4.78, 5) is 12.4. The number of benzene rings is 3. The van der Waals surface area contributed by atoms with Gasteiger partial charge >= 0.3 is 5.97 Å². The summed E-state index contributed by atoms with van der Waals surface area (Å²) in [7, 11) is 0. The molecule has 3 aromatic carbocycles. The summed E-state index contributed by atoms with van der Waals surface area (Å²) in [5.41, 5.74) is 3.76. The van der Waals surface area contributed by atoms with Crippen molar-refractivity contribution in [3.63, 3.8) is 0 Å². The molecule has 0 aromatic heterocycles. The van der Waals surface area contributed by atoms with Gasteiger partial charge in [-0.3, -0.25) is 0 Å². The second-order valence-corrected chi connectivity index (χ2v) is 7.09. The molecule has 0 aliphatic carbocycles. The maximum atomic E-state index is 14.3. The summed E-state index contributed by atoms with van der Waals surface area (Å²) >= 11 is 0. The molecular weight excluding hydrogens is 382 g/mol. The van der Waals surface area contributed by atoms with E-state index in [4.69, 9.17) is 4.74 Å². The highest BCUT2D eigenvalue weighted by molar-refractivity contribution is 5.91. The van der Waals surface area contributed by atoms with E-state index >= 15 is 0 Å². The normalized spacial score (nSPS) is 10.6. The lowest BCUT2D eigenvalue weighted by atomic mass is 10.0. The number of allylic oxidation sites excluding steroid dienone is 1. The molecule has 2 nitrogen and oxygen atoms in total. The summed E-state index contributed by atoms with van der Waals surface area (Å²) in [5.74, 6) is -3.31. The highest BCUT2D eigenvalue weighted by atomic mass is 19.2. The van der Waals surface area contributed by atoms with Crippen molar-refractivity contribution in [1.29, 1.82) is 0 Å². The van der Waals surface area contributed by atoms with E-state index in [1.807, 2.05) is 12.1 Å². The Labute approximate surface area is 175 Å². The van der Waals surface area contributed by atoms with Crippen LogP contribution in [0.15, 0.2) is 73.3 Å². The number of carbonyl (C=O) groups excluding carboxylic acids is 1. The maximum Gasteiger partial charge on any atom is 0.343 e. The number of carbonyl (C=O) groups is 1. The molecule has 0 saturated carbocycles. The van der Waals surface area contributed by atoms with Gasteiger partial charge in [-0.25, -0.2) is 9.18 Å². The average Bonchev–Trinajstić information content (AvgIpc) is 2.77. The first-order chi connectivity index (χ1) is 14.5. The third-order valence-electron chi connectivity index (χ3n) is 4.89. The predicted octanol–water partition coefficient (Wildman–Crippen LogP) is 6.92. The maximum absolute atomic E-state index is 14.3. The zero-order valence-corrected chi connectivity index (χ0v) is 17.0. The molecule has 0 atom stereocenters. The molecule has 0 aliphatic heterocycles. The van der Waals surface area contributed by atoms with Crippen LogP contribution in [0.25, 0.3) is 11.1 Å². The van der Waals surface area contributed by atoms with Gasteiger partial charge < -0.3 is 4.74 Å². The lowest BCUT2D eigenvalue weighted by Crippen LogP contribution is -2.10.